The number of nitrogens with two attached hydrogens (primary N) is 1. The van der Waals surface area contributed by atoms with Gasteiger partial charge < -0.3 is 20.1 Å². The summed E-state index contributed by atoms with van der Waals surface area (Å²) in [6.45, 7) is 1.51. The van der Waals surface area contributed by atoms with E-state index in [1.54, 1.807) is 6.07 Å². The predicted octanol–water partition coefficient (Wildman–Crippen LogP) is 2.03. The van der Waals surface area contributed by atoms with E-state index in [1.807, 2.05) is 7.05 Å². The Hall–Kier alpha value is -1.49. The number of nitrogens with zero attached hydrogens (tertiary/aromatic N) is 1. The minimum atomic E-state index is -0.431. The average Bonchev–Trinajstić information content (AvgIpc) is 2.39. The molecule has 1 aromatic carbocycles. The zero-order chi connectivity index (χ0) is 13.1. The van der Waals surface area contributed by atoms with E-state index in [0.29, 0.717) is 11.7 Å². The molecular weight excluding hydrogens is 235 g/mol. The molecule has 0 atom stereocenters. The van der Waals surface area contributed by atoms with Gasteiger partial charge in [-0.1, -0.05) is 0 Å². The largest absolute Gasteiger partial charge is 0.494 e. The zero-order valence-electron chi connectivity index (χ0n) is 10.8. The second kappa shape index (κ2) is 5.44. The molecule has 1 aromatic rings. The van der Waals surface area contributed by atoms with Crippen LogP contribution in [0.5, 0.6) is 5.75 Å². The van der Waals surface area contributed by atoms with E-state index in [1.165, 1.54) is 13.2 Å². The van der Waals surface area contributed by atoms with Crippen molar-refractivity contribution in [3.63, 3.8) is 0 Å². The number of hydrogen-bond donors (Lipinski definition) is 1. The molecular formula is C13H19FN2O2. The first kappa shape index (κ1) is 13.0. The smallest absolute Gasteiger partial charge is 0.167 e. The van der Waals surface area contributed by atoms with E-state index < -0.39 is 5.82 Å². The first-order chi connectivity index (χ1) is 8.63. The molecule has 0 aliphatic carbocycles. The number of ether oxygens (including phenoxy) is 2. The molecule has 1 aliphatic rings. The van der Waals surface area contributed by atoms with Gasteiger partial charge in [-0.25, -0.2) is 4.39 Å². The van der Waals surface area contributed by atoms with Crippen LogP contribution in [0, 0.1) is 5.82 Å². The fourth-order valence-corrected chi connectivity index (χ4v) is 2.29. The highest BCUT2D eigenvalue weighted by molar-refractivity contribution is 5.70. The van der Waals surface area contributed by atoms with Gasteiger partial charge in [0.05, 0.1) is 18.5 Å². The molecule has 0 radical (unpaired) electrons. The van der Waals surface area contributed by atoms with Crippen molar-refractivity contribution in [1.29, 1.82) is 0 Å². The summed E-state index contributed by atoms with van der Waals surface area (Å²) in [6.07, 6.45) is 1.91. The van der Waals surface area contributed by atoms with Crippen molar-refractivity contribution in [2.75, 3.05) is 38.0 Å². The van der Waals surface area contributed by atoms with Crippen LogP contribution in [0.25, 0.3) is 0 Å². The molecule has 1 aliphatic heterocycles. The lowest BCUT2D eigenvalue weighted by atomic mass is 10.1. The molecule has 18 heavy (non-hydrogen) atoms. The summed E-state index contributed by atoms with van der Waals surface area (Å²) in [6, 6.07) is 3.33. The summed E-state index contributed by atoms with van der Waals surface area (Å²) in [4.78, 5) is 2.08. The summed E-state index contributed by atoms with van der Waals surface area (Å²) in [5, 5.41) is 0. The highest BCUT2D eigenvalue weighted by Gasteiger charge is 2.21. The van der Waals surface area contributed by atoms with Crippen molar-refractivity contribution in [3.05, 3.63) is 17.9 Å². The minimum Gasteiger partial charge on any atom is -0.494 e. The van der Waals surface area contributed by atoms with Crippen molar-refractivity contribution in [1.82, 2.24) is 0 Å². The molecule has 4 nitrogen and oxygen atoms in total. The maximum absolute atomic E-state index is 13.5. The van der Waals surface area contributed by atoms with Gasteiger partial charge in [0.15, 0.2) is 11.6 Å². The fraction of sp³-hybridized carbons (Fsp3) is 0.538. The summed E-state index contributed by atoms with van der Waals surface area (Å²) in [5.74, 6) is -0.211. The molecule has 0 amide bonds. The first-order valence-electron chi connectivity index (χ1n) is 6.07. The molecule has 0 bridgehead atoms. The number of nitrogen functional groups attached to an aromatic ring is 1. The topological polar surface area (TPSA) is 47.7 Å². The fourth-order valence-electron chi connectivity index (χ4n) is 2.29. The lowest BCUT2D eigenvalue weighted by Gasteiger charge is -2.33. The summed E-state index contributed by atoms with van der Waals surface area (Å²) >= 11 is 0. The van der Waals surface area contributed by atoms with E-state index in [-0.39, 0.29) is 5.75 Å². The van der Waals surface area contributed by atoms with Crippen molar-refractivity contribution in [3.8, 4) is 5.75 Å². The maximum atomic E-state index is 13.5. The molecule has 1 fully saturated rings. The molecule has 100 valence electrons. The van der Waals surface area contributed by atoms with E-state index in [4.69, 9.17) is 15.2 Å². The van der Waals surface area contributed by atoms with Gasteiger partial charge in [-0.3, -0.25) is 0 Å². The van der Waals surface area contributed by atoms with E-state index in [0.717, 1.165) is 31.7 Å². The molecule has 2 rings (SSSR count). The van der Waals surface area contributed by atoms with Gasteiger partial charge in [0.25, 0.3) is 0 Å². The summed E-state index contributed by atoms with van der Waals surface area (Å²) in [5.41, 5.74) is 7.12. The maximum Gasteiger partial charge on any atom is 0.167 e. The molecule has 0 spiro atoms. The minimum absolute atomic E-state index is 0.220. The molecule has 0 saturated carbocycles. The number of rotatable bonds is 3. The third-order valence-corrected chi connectivity index (χ3v) is 3.42. The Morgan fingerprint density at radius 1 is 1.39 bits per heavy atom. The third-order valence-electron chi connectivity index (χ3n) is 3.42. The van der Waals surface area contributed by atoms with Crippen LogP contribution in [0.1, 0.15) is 12.8 Å². The van der Waals surface area contributed by atoms with Gasteiger partial charge in [-0.05, 0) is 12.8 Å². The molecule has 0 aromatic heterocycles. The number of methoxy groups -OCH3 is 1. The Labute approximate surface area is 106 Å². The lowest BCUT2D eigenvalue weighted by Crippen LogP contribution is -2.37. The average molecular weight is 254 g/mol. The second-order valence-corrected chi connectivity index (χ2v) is 4.50. The van der Waals surface area contributed by atoms with Crippen LogP contribution in [0.15, 0.2) is 12.1 Å². The first-order valence-corrected chi connectivity index (χ1v) is 6.07. The number of halogens is 1. The van der Waals surface area contributed by atoms with Gasteiger partial charge in [-0.15, -0.1) is 0 Å². The summed E-state index contributed by atoms with van der Waals surface area (Å²) in [7, 11) is 3.42. The van der Waals surface area contributed by atoms with E-state index in [9.17, 15) is 4.39 Å². The zero-order valence-corrected chi connectivity index (χ0v) is 10.8. The molecule has 1 heterocycles. The number of benzene rings is 1. The van der Waals surface area contributed by atoms with Gasteiger partial charge in [0.1, 0.15) is 0 Å². The Kier molecular flexibility index (Phi) is 3.91. The Morgan fingerprint density at radius 2 is 2.06 bits per heavy atom. The van der Waals surface area contributed by atoms with Crippen LogP contribution >= 0.6 is 0 Å². The van der Waals surface area contributed by atoms with Crippen LogP contribution in [0.2, 0.25) is 0 Å². The molecule has 5 heteroatoms. The SMILES string of the molecule is COc1cc(N(C)C2CCOCC2)c(N)cc1F. The Balaban J connectivity index is 2.25. The van der Waals surface area contributed by atoms with Gasteiger partial charge in [0.2, 0.25) is 0 Å². The quantitative estimate of drug-likeness (QED) is 0.838. The van der Waals surface area contributed by atoms with Gasteiger partial charge >= 0.3 is 0 Å². The van der Waals surface area contributed by atoms with Crippen LogP contribution in [0.3, 0.4) is 0 Å². The highest BCUT2D eigenvalue weighted by atomic mass is 19.1. The summed E-state index contributed by atoms with van der Waals surface area (Å²) < 4.78 is 23.8. The van der Waals surface area contributed by atoms with Gasteiger partial charge in [0, 0.05) is 38.4 Å². The standard InChI is InChI=1S/C13H19FN2O2/c1-16(9-3-5-18-6-4-9)12-8-13(17-2)10(14)7-11(12)15/h7-9H,3-6,15H2,1-2H3. The number of hydrogen-bond acceptors (Lipinski definition) is 4. The third kappa shape index (κ3) is 2.51. The van der Waals surface area contributed by atoms with Crippen LogP contribution in [-0.4, -0.2) is 33.4 Å². The Bertz CT molecular complexity index is 420. The predicted molar refractivity (Wildman–Crippen MR) is 69.6 cm³/mol. The van der Waals surface area contributed by atoms with E-state index >= 15 is 0 Å². The molecule has 2 N–H and O–H groups in total. The Morgan fingerprint density at radius 3 is 2.67 bits per heavy atom. The lowest BCUT2D eigenvalue weighted by molar-refractivity contribution is 0.0855. The van der Waals surface area contributed by atoms with Crippen LogP contribution in [-0.2, 0) is 4.74 Å². The van der Waals surface area contributed by atoms with Crippen molar-refractivity contribution in [2.24, 2.45) is 0 Å². The number of anilines is 2. The van der Waals surface area contributed by atoms with Crippen molar-refractivity contribution in [2.45, 2.75) is 18.9 Å². The molecule has 1 saturated heterocycles. The van der Waals surface area contributed by atoms with Crippen molar-refractivity contribution < 1.29 is 13.9 Å². The highest BCUT2D eigenvalue weighted by Crippen LogP contribution is 2.32. The normalized spacial score (nSPS) is 16.6. The molecule has 0 unspecified atom stereocenters. The monoisotopic (exact) mass is 254 g/mol. The van der Waals surface area contributed by atoms with Crippen molar-refractivity contribution >= 4 is 11.4 Å². The van der Waals surface area contributed by atoms with Crippen LogP contribution in [0.4, 0.5) is 15.8 Å². The van der Waals surface area contributed by atoms with E-state index in [2.05, 4.69) is 4.90 Å². The van der Waals surface area contributed by atoms with Gasteiger partial charge in [-0.2, -0.15) is 0 Å². The van der Waals surface area contributed by atoms with Crippen LogP contribution < -0.4 is 15.4 Å². The second-order valence-electron chi connectivity index (χ2n) is 4.50.